The van der Waals surface area contributed by atoms with Crippen molar-refractivity contribution < 1.29 is 4.74 Å². The summed E-state index contributed by atoms with van der Waals surface area (Å²) >= 11 is 5.78. The first-order valence-electron chi connectivity index (χ1n) is 4.96. The first-order valence-corrected chi connectivity index (χ1v) is 5.49. The molecule has 1 unspecified atom stereocenters. The molecule has 0 radical (unpaired) electrons. The lowest BCUT2D eigenvalue weighted by molar-refractivity contribution is -0.0880. The van der Waals surface area contributed by atoms with E-state index in [0.29, 0.717) is 5.92 Å². The molecule has 0 amide bonds. The van der Waals surface area contributed by atoms with E-state index in [1.54, 1.807) is 0 Å². The van der Waals surface area contributed by atoms with Gasteiger partial charge in [0, 0.05) is 25.5 Å². The first-order chi connectivity index (χ1) is 6.03. The summed E-state index contributed by atoms with van der Waals surface area (Å²) in [6, 6.07) is 0. The highest BCUT2D eigenvalue weighted by Gasteiger charge is 2.27. The summed E-state index contributed by atoms with van der Waals surface area (Å²) in [6.45, 7) is 10.5. The highest BCUT2D eigenvalue weighted by Crippen LogP contribution is 2.17. The summed E-state index contributed by atoms with van der Waals surface area (Å²) in [6.07, 6.45) is 0. The Morgan fingerprint density at radius 3 is 2.77 bits per heavy atom. The van der Waals surface area contributed by atoms with Gasteiger partial charge in [0.15, 0.2) is 0 Å². The predicted molar refractivity (Wildman–Crippen MR) is 56.4 cm³/mol. The lowest BCUT2D eigenvalue weighted by Crippen LogP contribution is -2.49. The van der Waals surface area contributed by atoms with Crippen LogP contribution in [0.4, 0.5) is 0 Å². The van der Waals surface area contributed by atoms with E-state index in [9.17, 15) is 0 Å². The first kappa shape index (κ1) is 11.3. The number of alkyl halides is 1. The molecule has 3 heteroatoms. The van der Waals surface area contributed by atoms with Crippen molar-refractivity contribution in [1.82, 2.24) is 4.90 Å². The van der Waals surface area contributed by atoms with Crippen LogP contribution in [0.5, 0.6) is 0 Å². The lowest BCUT2D eigenvalue weighted by atomic mass is 10.1. The van der Waals surface area contributed by atoms with Crippen molar-refractivity contribution in [2.75, 3.05) is 32.1 Å². The SMILES string of the molecule is CC(CCl)CN1CCOC(C)(C)C1. The minimum atomic E-state index is 0.0181. The largest absolute Gasteiger partial charge is 0.373 e. The maximum Gasteiger partial charge on any atom is 0.0753 e. The molecule has 1 aliphatic heterocycles. The van der Waals surface area contributed by atoms with Crippen LogP contribution in [-0.2, 0) is 4.74 Å². The van der Waals surface area contributed by atoms with Gasteiger partial charge in [0.2, 0.25) is 0 Å². The van der Waals surface area contributed by atoms with Crippen molar-refractivity contribution in [2.24, 2.45) is 5.92 Å². The second-order valence-electron chi connectivity index (χ2n) is 4.60. The third-order valence-electron chi connectivity index (χ3n) is 2.34. The van der Waals surface area contributed by atoms with Crippen molar-refractivity contribution in [3.05, 3.63) is 0 Å². The van der Waals surface area contributed by atoms with E-state index in [4.69, 9.17) is 16.3 Å². The van der Waals surface area contributed by atoms with Gasteiger partial charge in [0.05, 0.1) is 12.2 Å². The van der Waals surface area contributed by atoms with Gasteiger partial charge in [0.25, 0.3) is 0 Å². The molecule has 0 aromatic carbocycles. The summed E-state index contributed by atoms with van der Waals surface area (Å²) in [5.74, 6) is 1.33. The van der Waals surface area contributed by atoms with Gasteiger partial charge in [-0.2, -0.15) is 0 Å². The minimum Gasteiger partial charge on any atom is -0.373 e. The Morgan fingerprint density at radius 2 is 2.23 bits per heavy atom. The van der Waals surface area contributed by atoms with Gasteiger partial charge in [0.1, 0.15) is 0 Å². The van der Waals surface area contributed by atoms with Gasteiger partial charge in [-0.25, -0.2) is 0 Å². The monoisotopic (exact) mass is 205 g/mol. The molecule has 1 rings (SSSR count). The van der Waals surface area contributed by atoms with Gasteiger partial charge in [-0.1, -0.05) is 6.92 Å². The Hall–Kier alpha value is 0.210. The summed E-state index contributed by atoms with van der Waals surface area (Å²) in [5, 5.41) is 0. The molecule has 0 aromatic heterocycles. The van der Waals surface area contributed by atoms with Crippen LogP contribution >= 0.6 is 11.6 Å². The molecule has 2 nitrogen and oxygen atoms in total. The fourth-order valence-corrected chi connectivity index (χ4v) is 1.86. The highest BCUT2D eigenvalue weighted by atomic mass is 35.5. The number of hydrogen-bond acceptors (Lipinski definition) is 2. The fraction of sp³-hybridized carbons (Fsp3) is 1.00. The summed E-state index contributed by atoms with van der Waals surface area (Å²) < 4.78 is 5.64. The molecule has 0 N–H and O–H groups in total. The second-order valence-corrected chi connectivity index (χ2v) is 4.91. The zero-order valence-electron chi connectivity index (χ0n) is 8.85. The van der Waals surface area contributed by atoms with Crippen molar-refractivity contribution in [1.29, 1.82) is 0 Å². The molecule has 0 aliphatic carbocycles. The molecular weight excluding hydrogens is 186 g/mol. The van der Waals surface area contributed by atoms with Crippen molar-refractivity contribution in [2.45, 2.75) is 26.4 Å². The zero-order valence-corrected chi connectivity index (χ0v) is 9.60. The van der Waals surface area contributed by atoms with Crippen LogP contribution in [0.15, 0.2) is 0 Å². The number of rotatable bonds is 3. The third kappa shape index (κ3) is 3.84. The van der Waals surface area contributed by atoms with Crippen LogP contribution in [0.1, 0.15) is 20.8 Å². The third-order valence-corrected chi connectivity index (χ3v) is 2.86. The van der Waals surface area contributed by atoms with Gasteiger partial charge in [-0.05, 0) is 19.8 Å². The van der Waals surface area contributed by atoms with Crippen LogP contribution in [0, 0.1) is 5.92 Å². The Kier molecular flexibility index (Phi) is 4.02. The maximum atomic E-state index is 5.78. The topological polar surface area (TPSA) is 12.5 Å². The van der Waals surface area contributed by atoms with Crippen LogP contribution in [0.25, 0.3) is 0 Å². The quantitative estimate of drug-likeness (QED) is 0.654. The average molecular weight is 206 g/mol. The number of halogens is 1. The highest BCUT2D eigenvalue weighted by molar-refractivity contribution is 6.18. The van der Waals surface area contributed by atoms with Crippen molar-refractivity contribution in [3.63, 3.8) is 0 Å². The van der Waals surface area contributed by atoms with E-state index in [-0.39, 0.29) is 5.60 Å². The Labute approximate surface area is 86.2 Å². The number of hydrogen-bond donors (Lipinski definition) is 0. The van der Waals surface area contributed by atoms with Gasteiger partial charge < -0.3 is 4.74 Å². The van der Waals surface area contributed by atoms with Gasteiger partial charge >= 0.3 is 0 Å². The number of nitrogens with zero attached hydrogens (tertiary/aromatic N) is 1. The summed E-state index contributed by atoms with van der Waals surface area (Å²) in [5.41, 5.74) is 0.0181. The Bertz CT molecular complexity index is 161. The molecule has 0 bridgehead atoms. The molecule has 1 atom stereocenters. The van der Waals surface area contributed by atoms with Crippen LogP contribution < -0.4 is 0 Å². The average Bonchev–Trinajstić information content (AvgIpc) is 2.02. The molecule has 1 aliphatic rings. The number of morpholine rings is 1. The van der Waals surface area contributed by atoms with E-state index < -0.39 is 0 Å². The standard InChI is InChI=1S/C10H20ClNO/c1-9(6-11)7-12-4-5-13-10(2,3)8-12/h9H,4-8H2,1-3H3. The molecule has 0 aromatic rings. The Morgan fingerprint density at radius 1 is 1.54 bits per heavy atom. The summed E-state index contributed by atoms with van der Waals surface area (Å²) in [7, 11) is 0. The molecule has 78 valence electrons. The minimum absolute atomic E-state index is 0.0181. The normalized spacial score (nSPS) is 25.8. The van der Waals surface area contributed by atoms with E-state index in [2.05, 4.69) is 25.7 Å². The smallest absolute Gasteiger partial charge is 0.0753 e. The van der Waals surface area contributed by atoms with E-state index >= 15 is 0 Å². The lowest BCUT2D eigenvalue weighted by Gasteiger charge is -2.39. The van der Waals surface area contributed by atoms with E-state index in [0.717, 1.165) is 32.1 Å². The summed E-state index contributed by atoms with van der Waals surface area (Å²) in [4.78, 5) is 2.44. The fourth-order valence-electron chi connectivity index (χ4n) is 1.76. The Balaban J connectivity index is 2.34. The molecule has 1 saturated heterocycles. The second kappa shape index (κ2) is 4.63. The molecule has 1 heterocycles. The maximum absolute atomic E-state index is 5.78. The van der Waals surface area contributed by atoms with E-state index in [1.165, 1.54) is 0 Å². The van der Waals surface area contributed by atoms with Crippen LogP contribution in [0.3, 0.4) is 0 Å². The molecule has 0 spiro atoms. The van der Waals surface area contributed by atoms with Crippen molar-refractivity contribution in [3.8, 4) is 0 Å². The molecule has 0 saturated carbocycles. The van der Waals surface area contributed by atoms with E-state index in [1.807, 2.05) is 0 Å². The molecular formula is C10H20ClNO. The number of ether oxygens (including phenoxy) is 1. The van der Waals surface area contributed by atoms with Crippen LogP contribution in [0.2, 0.25) is 0 Å². The van der Waals surface area contributed by atoms with Crippen molar-refractivity contribution >= 4 is 11.6 Å². The molecule has 1 fully saturated rings. The van der Waals surface area contributed by atoms with Gasteiger partial charge in [-0.3, -0.25) is 4.90 Å². The van der Waals surface area contributed by atoms with Crippen LogP contribution in [-0.4, -0.2) is 42.6 Å². The predicted octanol–water partition coefficient (Wildman–Crippen LogP) is 1.97. The zero-order chi connectivity index (χ0) is 9.90. The van der Waals surface area contributed by atoms with Gasteiger partial charge in [-0.15, -0.1) is 11.6 Å². The molecule has 13 heavy (non-hydrogen) atoms.